The summed E-state index contributed by atoms with van der Waals surface area (Å²) >= 11 is 0. The summed E-state index contributed by atoms with van der Waals surface area (Å²) in [7, 11) is 0. The molecule has 1 N–H and O–H groups in total. The molecular formula is C11H12N2O2. The maximum absolute atomic E-state index is 11.6. The van der Waals surface area contributed by atoms with Crippen LogP contribution in [-0.4, -0.2) is 9.97 Å². The zero-order valence-electron chi connectivity index (χ0n) is 8.49. The van der Waals surface area contributed by atoms with E-state index in [4.69, 9.17) is 4.42 Å². The molecule has 0 saturated carbocycles. The van der Waals surface area contributed by atoms with E-state index in [0.29, 0.717) is 5.69 Å². The van der Waals surface area contributed by atoms with Gasteiger partial charge in [-0.2, -0.15) is 0 Å². The first-order chi connectivity index (χ1) is 7.33. The fourth-order valence-electron chi connectivity index (χ4n) is 1.56. The Balaban J connectivity index is 2.56. The molecule has 2 rings (SSSR count). The number of nitrogens with one attached hydrogen (secondary N) is 1. The van der Waals surface area contributed by atoms with E-state index < -0.39 is 0 Å². The number of aromatic nitrogens is 2. The predicted octanol–water partition coefficient (Wildman–Crippen LogP) is 1.98. The van der Waals surface area contributed by atoms with Crippen LogP contribution in [0.4, 0.5) is 0 Å². The summed E-state index contributed by atoms with van der Waals surface area (Å²) in [5, 5.41) is 0. The van der Waals surface area contributed by atoms with Crippen LogP contribution < -0.4 is 5.56 Å². The van der Waals surface area contributed by atoms with E-state index in [9.17, 15) is 4.79 Å². The van der Waals surface area contributed by atoms with E-state index in [1.807, 2.05) is 6.92 Å². The van der Waals surface area contributed by atoms with Crippen molar-refractivity contribution in [3.63, 3.8) is 0 Å². The molecule has 2 heterocycles. The third-order valence-corrected chi connectivity index (χ3v) is 2.24. The molecule has 0 aliphatic heterocycles. The minimum Gasteiger partial charge on any atom is -0.472 e. The predicted molar refractivity (Wildman–Crippen MR) is 56.6 cm³/mol. The lowest BCUT2D eigenvalue weighted by atomic mass is 10.1. The van der Waals surface area contributed by atoms with Crippen molar-refractivity contribution in [2.75, 3.05) is 0 Å². The highest BCUT2D eigenvalue weighted by Gasteiger charge is 2.10. The van der Waals surface area contributed by atoms with Crippen LogP contribution in [0.5, 0.6) is 0 Å². The van der Waals surface area contributed by atoms with Crippen molar-refractivity contribution < 1.29 is 4.42 Å². The van der Waals surface area contributed by atoms with Crippen LogP contribution in [0.3, 0.4) is 0 Å². The van der Waals surface area contributed by atoms with Crippen LogP contribution >= 0.6 is 0 Å². The van der Waals surface area contributed by atoms with E-state index >= 15 is 0 Å². The Morgan fingerprint density at radius 2 is 2.40 bits per heavy atom. The zero-order valence-corrected chi connectivity index (χ0v) is 8.49. The number of aromatic amines is 1. The monoisotopic (exact) mass is 204 g/mol. The number of furan rings is 1. The molecule has 4 nitrogen and oxygen atoms in total. The van der Waals surface area contributed by atoms with Gasteiger partial charge in [-0.25, -0.2) is 4.98 Å². The summed E-state index contributed by atoms with van der Waals surface area (Å²) in [5.41, 5.74) is 2.23. The first-order valence-corrected chi connectivity index (χ1v) is 4.92. The Morgan fingerprint density at radius 3 is 3.07 bits per heavy atom. The zero-order chi connectivity index (χ0) is 10.7. The molecular weight excluding hydrogens is 192 g/mol. The third-order valence-electron chi connectivity index (χ3n) is 2.24. The first kappa shape index (κ1) is 9.71. The van der Waals surface area contributed by atoms with E-state index in [1.54, 1.807) is 18.6 Å². The molecule has 0 saturated heterocycles. The van der Waals surface area contributed by atoms with Crippen molar-refractivity contribution in [3.8, 4) is 11.3 Å². The molecule has 0 aromatic carbocycles. The quantitative estimate of drug-likeness (QED) is 0.831. The summed E-state index contributed by atoms with van der Waals surface area (Å²) in [6, 6.07) is 1.81. The lowest BCUT2D eigenvalue weighted by molar-refractivity contribution is 0.568. The summed E-state index contributed by atoms with van der Waals surface area (Å²) in [6.07, 6.45) is 6.24. The van der Waals surface area contributed by atoms with Crippen LogP contribution in [0.2, 0.25) is 0 Å². The molecule has 0 fully saturated rings. The maximum Gasteiger partial charge on any atom is 0.254 e. The first-order valence-electron chi connectivity index (χ1n) is 4.92. The van der Waals surface area contributed by atoms with Crippen molar-refractivity contribution in [1.29, 1.82) is 0 Å². The van der Waals surface area contributed by atoms with Gasteiger partial charge in [0.25, 0.3) is 5.56 Å². The minimum absolute atomic E-state index is 0.0666. The molecule has 0 atom stereocenters. The third kappa shape index (κ3) is 1.83. The van der Waals surface area contributed by atoms with Crippen molar-refractivity contribution in [2.24, 2.45) is 0 Å². The Hall–Kier alpha value is -1.84. The van der Waals surface area contributed by atoms with Crippen molar-refractivity contribution in [3.05, 3.63) is 40.8 Å². The number of H-pyrrole nitrogens is 1. The Morgan fingerprint density at radius 1 is 1.53 bits per heavy atom. The Labute approximate surface area is 87.0 Å². The second-order valence-electron chi connectivity index (χ2n) is 3.32. The molecule has 0 amide bonds. The van der Waals surface area contributed by atoms with Gasteiger partial charge in [0.05, 0.1) is 24.5 Å². The van der Waals surface area contributed by atoms with E-state index in [2.05, 4.69) is 9.97 Å². The van der Waals surface area contributed by atoms with Gasteiger partial charge in [0, 0.05) is 11.1 Å². The van der Waals surface area contributed by atoms with Gasteiger partial charge in [-0.1, -0.05) is 13.3 Å². The van der Waals surface area contributed by atoms with Gasteiger partial charge in [0.1, 0.15) is 0 Å². The molecule has 78 valence electrons. The molecule has 4 heteroatoms. The van der Waals surface area contributed by atoms with Crippen LogP contribution in [0, 0.1) is 0 Å². The van der Waals surface area contributed by atoms with Crippen molar-refractivity contribution in [1.82, 2.24) is 9.97 Å². The Bertz CT molecular complexity index is 486. The summed E-state index contributed by atoms with van der Waals surface area (Å²) < 4.78 is 4.99. The number of rotatable bonds is 3. The average molecular weight is 204 g/mol. The molecule has 15 heavy (non-hydrogen) atoms. The molecule has 0 spiro atoms. The van der Waals surface area contributed by atoms with Gasteiger partial charge < -0.3 is 9.40 Å². The van der Waals surface area contributed by atoms with E-state index in [0.717, 1.165) is 24.0 Å². The van der Waals surface area contributed by atoms with Gasteiger partial charge in [-0.15, -0.1) is 0 Å². The van der Waals surface area contributed by atoms with Gasteiger partial charge in [-0.05, 0) is 12.5 Å². The van der Waals surface area contributed by atoms with Crippen molar-refractivity contribution >= 4 is 0 Å². The van der Waals surface area contributed by atoms with Crippen LogP contribution in [0.15, 0.2) is 34.1 Å². The standard InChI is InChI=1S/C11H12N2O2/c1-2-3-9-10(8-4-5-15-6-8)12-7-13-11(9)14/h4-7H,2-3H2,1H3,(H,12,13,14). The average Bonchev–Trinajstić information content (AvgIpc) is 2.74. The molecule has 2 aromatic heterocycles. The minimum atomic E-state index is -0.0666. The molecule has 0 aliphatic carbocycles. The lowest BCUT2D eigenvalue weighted by Gasteiger charge is -2.03. The second-order valence-corrected chi connectivity index (χ2v) is 3.32. The Kier molecular flexibility index (Phi) is 2.67. The number of nitrogens with zero attached hydrogens (tertiary/aromatic N) is 1. The van der Waals surface area contributed by atoms with E-state index in [1.165, 1.54) is 6.33 Å². The normalized spacial score (nSPS) is 10.5. The lowest BCUT2D eigenvalue weighted by Crippen LogP contribution is -2.14. The van der Waals surface area contributed by atoms with Crippen LogP contribution in [0.25, 0.3) is 11.3 Å². The highest BCUT2D eigenvalue weighted by Crippen LogP contribution is 2.19. The molecule has 2 aromatic rings. The number of hydrogen-bond donors (Lipinski definition) is 1. The summed E-state index contributed by atoms with van der Waals surface area (Å²) in [5.74, 6) is 0. The van der Waals surface area contributed by atoms with E-state index in [-0.39, 0.29) is 5.56 Å². The highest BCUT2D eigenvalue weighted by molar-refractivity contribution is 5.60. The highest BCUT2D eigenvalue weighted by atomic mass is 16.3. The van der Waals surface area contributed by atoms with Gasteiger partial charge >= 0.3 is 0 Å². The fourth-order valence-corrected chi connectivity index (χ4v) is 1.56. The topological polar surface area (TPSA) is 58.9 Å². The van der Waals surface area contributed by atoms with Gasteiger partial charge in [-0.3, -0.25) is 4.79 Å². The molecule has 0 aliphatic rings. The maximum atomic E-state index is 11.6. The smallest absolute Gasteiger partial charge is 0.254 e. The molecule has 0 radical (unpaired) electrons. The SMILES string of the molecule is CCCc1c(-c2ccoc2)nc[nH]c1=O. The van der Waals surface area contributed by atoms with Crippen LogP contribution in [0.1, 0.15) is 18.9 Å². The largest absolute Gasteiger partial charge is 0.472 e. The van der Waals surface area contributed by atoms with Gasteiger partial charge in [0.15, 0.2) is 0 Å². The molecule has 0 bridgehead atoms. The second kappa shape index (κ2) is 4.13. The van der Waals surface area contributed by atoms with Gasteiger partial charge in [0.2, 0.25) is 0 Å². The summed E-state index contributed by atoms with van der Waals surface area (Å²) in [6.45, 7) is 2.03. The fraction of sp³-hybridized carbons (Fsp3) is 0.273. The van der Waals surface area contributed by atoms with Crippen LogP contribution in [-0.2, 0) is 6.42 Å². The molecule has 0 unspecified atom stereocenters. The number of hydrogen-bond acceptors (Lipinski definition) is 3. The summed E-state index contributed by atoms with van der Waals surface area (Å²) in [4.78, 5) is 18.4. The van der Waals surface area contributed by atoms with Crippen molar-refractivity contribution in [2.45, 2.75) is 19.8 Å².